The summed E-state index contributed by atoms with van der Waals surface area (Å²) in [7, 11) is 4.13. The molecule has 10 nitrogen and oxygen atoms in total. The summed E-state index contributed by atoms with van der Waals surface area (Å²) >= 11 is 0. The van der Waals surface area contributed by atoms with Crippen LogP contribution in [-0.2, 0) is 4.79 Å². The van der Waals surface area contributed by atoms with Gasteiger partial charge in [0.05, 0.1) is 12.7 Å². The molecule has 1 amide bonds. The number of amides is 1. The van der Waals surface area contributed by atoms with Crippen molar-refractivity contribution in [3.05, 3.63) is 37.1 Å². The predicted octanol–water partition coefficient (Wildman–Crippen LogP) is 0.892. The van der Waals surface area contributed by atoms with Crippen LogP contribution in [0.15, 0.2) is 41.5 Å². The van der Waals surface area contributed by atoms with Crippen LogP contribution in [0.1, 0.15) is 6.42 Å². The summed E-state index contributed by atoms with van der Waals surface area (Å²) in [5.41, 5.74) is 0. The van der Waals surface area contributed by atoms with E-state index >= 15 is 0 Å². The Morgan fingerprint density at radius 1 is 1.39 bits per heavy atom. The van der Waals surface area contributed by atoms with Gasteiger partial charge in [0.2, 0.25) is 11.7 Å². The minimum atomic E-state index is -0.118. The van der Waals surface area contributed by atoms with E-state index in [2.05, 4.69) is 49.3 Å². The van der Waals surface area contributed by atoms with Gasteiger partial charge in [0.25, 0.3) is 0 Å². The first-order chi connectivity index (χ1) is 13.6. The van der Waals surface area contributed by atoms with Crippen LogP contribution in [0.5, 0.6) is 0 Å². The van der Waals surface area contributed by atoms with Gasteiger partial charge in [0, 0.05) is 37.6 Å². The van der Waals surface area contributed by atoms with Crippen LogP contribution in [0.25, 0.3) is 17.4 Å². The normalized spacial score (nSPS) is 17.3. The molecular formula is C18H22N8O2. The van der Waals surface area contributed by atoms with Gasteiger partial charge in [-0.2, -0.15) is 5.10 Å². The number of nitrogens with zero attached hydrogens (tertiary/aromatic N) is 7. The number of oxazole rings is 1. The maximum absolute atomic E-state index is 12.6. The zero-order valence-corrected chi connectivity index (χ0v) is 15.8. The van der Waals surface area contributed by atoms with Crippen LogP contribution in [0.3, 0.4) is 0 Å². The SMILES string of the molecule is CN(C)C1CCN(CC(=O)Nc2cc(-n3cccn3)nc(-c3cnco3)n2)C1. The lowest BCUT2D eigenvalue weighted by Gasteiger charge is -2.20. The highest BCUT2D eigenvalue weighted by Gasteiger charge is 2.25. The van der Waals surface area contributed by atoms with Crippen molar-refractivity contribution in [3.8, 4) is 17.4 Å². The number of nitrogens with one attached hydrogen (secondary N) is 1. The molecule has 0 spiro atoms. The van der Waals surface area contributed by atoms with Gasteiger partial charge in [0.1, 0.15) is 5.82 Å². The van der Waals surface area contributed by atoms with Crippen molar-refractivity contribution >= 4 is 11.7 Å². The molecule has 3 aromatic heterocycles. The Balaban J connectivity index is 1.51. The Kier molecular flexibility index (Phi) is 5.13. The van der Waals surface area contributed by atoms with Gasteiger partial charge in [-0.3, -0.25) is 9.69 Å². The van der Waals surface area contributed by atoms with Gasteiger partial charge in [0.15, 0.2) is 18.0 Å². The Labute approximate surface area is 162 Å². The standard InChI is InChI=1S/C18H22N8O2/c1-24(2)13-4-7-25(10-13)11-17(27)21-15-8-16(26-6-3-5-20-26)23-18(22-15)14-9-19-12-28-14/h3,5-6,8-9,12-13H,4,7,10-11H2,1-2H3,(H,21,22,23,27). The van der Waals surface area contributed by atoms with Crippen LogP contribution >= 0.6 is 0 Å². The maximum atomic E-state index is 12.6. The molecule has 0 bridgehead atoms. The summed E-state index contributed by atoms with van der Waals surface area (Å²) in [4.78, 5) is 29.6. The van der Waals surface area contributed by atoms with E-state index in [1.54, 1.807) is 29.2 Å². The summed E-state index contributed by atoms with van der Waals surface area (Å²) in [6.45, 7) is 2.11. The second kappa shape index (κ2) is 7.87. The number of hydrogen-bond acceptors (Lipinski definition) is 8. The highest BCUT2D eigenvalue weighted by Crippen LogP contribution is 2.19. The highest BCUT2D eigenvalue weighted by atomic mass is 16.3. The summed E-state index contributed by atoms with van der Waals surface area (Å²) < 4.78 is 6.90. The van der Waals surface area contributed by atoms with Crippen molar-refractivity contribution in [1.29, 1.82) is 0 Å². The Morgan fingerprint density at radius 3 is 2.96 bits per heavy atom. The molecule has 4 rings (SSSR count). The fourth-order valence-electron chi connectivity index (χ4n) is 3.22. The monoisotopic (exact) mass is 382 g/mol. The van der Waals surface area contributed by atoms with Crippen molar-refractivity contribution in [2.24, 2.45) is 0 Å². The quantitative estimate of drug-likeness (QED) is 0.670. The molecule has 1 atom stereocenters. The van der Waals surface area contributed by atoms with Crippen molar-refractivity contribution in [2.45, 2.75) is 12.5 Å². The van der Waals surface area contributed by atoms with E-state index in [0.29, 0.717) is 35.8 Å². The van der Waals surface area contributed by atoms with E-state index < -0.39 is 0 Å². The maximum Gasteiger partial charge on any atom is 0.239 e. The molecule has 4 heterocycles. The fraction of sp³-hybridized carbons (Fsp3) is 0.389. The van der Waals surface area contributed by atoms with E-state index in [4.69, 9.17) is 4.42 Å². The van der Waals surface area contributed by atoms with E-state index in [-0.39, 0.29) is 5.91 Å². The molecule has 1 saturated heterocycles. The molecule has 3 aromatic rings. The molecule has 1 aliphatic heterocycles. The molecule has 1 N–H and O–H groups in total. The predicted molar refractivity (Wildman–Crippen MR) is 102 cm³/mol. The second-order valence-electron chi connectivity index (χ2n) is 6.94. The average Bonchev–Trinajstić information content (AvgIpc) is 3.43. The third-order valence-corrected chi connectivity index (χ3v) is 4.72. The topological polar surface area (TPSA) is 105 Å². The van der Waals surface area contributed by atoms with Gasteiger partial charge in [-0.15, -0.1) is 0 Å². The molecular weight excluding hydrogens is 360 g/mol. The number of likely N-dealkylation sites (tertiary alicyclic amines) is 1. The van der Waals surface area contributed by atoms with Crippen molar-refractivity contribution in [3.63, 3.8) is 0 Å². The Bertz CT molecular complexity index is 871. The van der Waals surface area contributed by atoms with Crippen molar-refractivity contribution in [1.82, 2.24) is 34.5 Å². The number of rotatable bonds is 6. The lowest BCUT2D eigenvalue weighted by molar-refractivity contribution is -0.117. The van der Waals surface area contributed by atoms with Crippen LogP contribution < -0.4 is 5.32 Å². The molecule has 0 aromatic carbocycles. The lowest BCUT2D eigenvalue weighted by Crippen LogP contribution is -2.35. The van der Waals surface area contributed by atoms with Gasteiger partial charge < -0.3 is 14.6 Å². The molecule has 146 valence electrons. The molecule has 1 aliphatic rings. The smallest absolute Gasteiger partial charge is 0.239 e. The van der Waals surface area contributed by atoms with Crippen molar-refractivity contribution < 1.29 is 9.21 Å². The van der Waals surface area contributed by atoms with Gasteiger partial charge in [-0.05, 0) is 26.6 Å². The first-order valence-electron chi connectivity index (χ1n) is 9.05. The van der Waals surface area contributed by atoms with Crippen LogP contribution in [0, 0.1) is 0 Å². The number of carbonyl (C=O) groups excluding carboxylic acids is 1. The Morgan fingerprint density at radius 2 is 2.29 bits per heavy atom. The third kappa shape index (κ3) is 4.07. The van der Waals surface area contributed by atoms with Gasteiger partial charge in [-0.1, -0.05) is 0 Å². The minimum Gasteiger partial charge on any atom is -0.440 e. The van der Waals surface area contributed by atoms with Crippen LogP contribution in [0.2, 0.25) is 0 Å². The summed E-state index contributed by atoms with van der Waals surface area (Å²) in [6.07, 6.45) is 7.32. The first kappa shape index (κ1) is 18.3. The van der Waals surface area contributed by atoms with Crippen LogP contribution in [0.4, 0.5) is 5.82 Å². The molecule has 0 saturated carbocycles. The number of carbonyl (C=O) groups is 1. The highest BCUT2D eigenvalue weighted by molar-refractivity contribution is 5.91. The van der Waals surface area contributed by atoms with Gasteiger partial charge in [-0.25, -0.2) is 19.6 Å². The average molecular weight is 382 g/mol. The van der Waals surface area contributed by atoms with E-state index in [0.717, 1.165) is 19.5 Å². The number of anilines is 1. The Hall–Kier alpha value is -3.11. The molecule has 10 heteroatoms. The summed E-state index contributed by atoms with van der Waals surface area (Å²) in [5.74, 6) is 1.54. The molecule has 28 heavy (non-hydrogen) atoms. The van der Waals surface area contributed by atoms with E-state index in [1.807, 2.05) is 0 Å². The molecule has 0 radical (unpaired) electrons. The lowest BCUT2D eigenvalue weighted by atomic mass is 10.2. The summed E-state index contributed by atoms with van der Waals surface area (Å²) in [5, 5.41) is 7.06. The number of hydrogen-bond donors (Lipinski definition) is 1. The van der Waals surface area contributed by atoms with E-state index in [9.17, 15) is 4.79 Å². The minimum absolute atomic E-state index is 0.118. The van der Waals surface area contributed by atoms with E-state index in [1.165, 1.54) is 12.6 Å². The molecule has 1 unspecified atom stereocenters. The largest absolute Gasteiger partial charge is 0.440 e. The first-order valence-corrected chi connectivity index (χ1v) is 9.05. The zero-order chi connectivity index (χ0) is 19.5. The molecule has 0 aliphatic carbocycles. The molecule has 1 fully saturated rings. The zero-order valence-electron chi connectivity index (χ0n) is 15.8. The number of aromatic nitrogens is 5. The van der Waals surface area contributed by atoms with Crippen molar-refractivity contribution in [2.75, 3.05) is 39.0 Å². The van der Waals surface area contributed by atoms with Crippen LogP contribution in [-0.4, -0.2) is 80.2 Å². The van der Waals surface area contributed by atoms with Gasteiger partial charge >= 0.3 is 0 Å². The number of likely N-dealkylation sites (N-methyl/N-ethyl adjacent to an activating group) is 1. The second-order valence-corrected chi connectivity index (χ2v) is 6.94. The fourth-order valence-corrected chi connectivity index (χ4v) is 3.22. The third-order valence-electron chi connectivity index (χ3n) is 4.72. The summed E-state index contributed by atoms with van der Waals surface area (Å²) in [6, 6.07) is 3.96.